The van der Waals surface area contributed by atoms with Gasteiger partial charge in [-0.25, -0.2) is 0 Å². The lowest BCUT2D eigenvalue weighted by atomic mass is 9.97. The van der Waals surface area contributed by atoms with Gasteiger partial charge in [0.1, 0.15) is 11.5 Å². The van der Waals surface area contributed by atoms with Gasteiger partial charge in [-0.05, 0) is 24.6 Å². The van der Waals surface area contributed by atoms with Gasteiger partial charge in [-0.3, -0.25) is 9.59 Å². The molecule has 0 atom stereocenters. The smallest absolute Gasteiger partial charge is 0.291 e. The lowest BCUT2D eigenvalue weighted by Crippen LogP contribution is -2.11. The van der Waals surface area contributed by atoms with Gasteiger partial charge in [0, 0.05) is 23.9 Å². The van der Waals surface area contributed by atoms with Gasteiger partial charge in [-0.1, -0.05) is 11.6 Å². The molecule has 1 aromatic carbocycles. The molecule has 3 rings (SSSR count). The number of ketones is 1. The minimum atomic E-state index is -0.442. The van der Waals surface area contributed by atoms with Crippen LogP contribution in [0.3, 0.4) is 0 Å². The maximum Gasteiger partial charge on any atom is 0.291 e. The fourth-order valence-corrected chi connectivity index (χ4v) is 2.64. The second kappa shape index (κ2) is 5.85. The van der Waals surface area contributed by atoms with Gasteiger partial charge in [0.2, 0.25) is 0 Å². The van der Waals surface area contributed by atoms with E-state index in [9.17, 15) is 9.59 Å². The first-order chi connectivity index (χ1) is 10.6. The largest absolute Gasteiger partial charge is 0.495 e. The molecule has 114 valence electrons. The number of halogens is 1. The fourth-order valence-electron chi connectivity index (χ4n) is 2.47. The number of amides is 1. The van der Waals surface area contributed by atoms with Crippen LogP contribution in [-0.2, 0) is 6.42 Å². The molecule has 2 aromatic rings. The van der Waals surface area contributed by atoms with E-state index in [1.807, 2.05) is 0 Å². The number of carbonyl (C=O) groups is 2. The molecule has 1 N–H and O–H groups in total. The van der Waals surface area contributed by atoms with Crippen LogP contribution in [0.5, 0.6) is 5.75 Å². The van der Waals surface area contributed by atoms with Gasteiger partial charge in [-0.2, -0.15) is 0 Å². The number of hydrogen-bond donors (Lipinski definition) is 1. The van der Waals surface area contributed by atoms with E-state index < -0.39 is 5.91 Å². The zero-order valence-electron chi connectivity index (χ0n) is 11.9. The van der Waals surface area contributed by atoms with Crippen molar-refractivity contribution in [3.63, 3.8) is 0 Å². The van der Waals surface area contributed by atoms with E-state index in [0.717, 1.165) is 6.42 Å². The summed E-state index contributed by atoms with van der Waals surface area (Å²) in [5.41, 5.74) is 0.954. The van der Waals surface area contributed by atoms with Crippen LogP contribution < -0.4 is 10.1 Å². The number of methoxy groups -OCH3 is 1. The van der Waals surface area contributed by atoms with E-state index in [-0.39, 0.29) is 11.5 Å². The van der Waals surface area contributed by atoms with Crippen molar-refractivity contribution in [2.24, 2.45) is 0 Å². The van der Waals surface area contributed by atoms with E-state index in [1.54, 1.807) is 18.2 Å². The molecule has 1 aliphatic carbocycles. The Morgan fingerprint density at radius 1 is 1.32 bits per heavy atom. The number of benzene rings is 1. The van der Waals surface area contributed by atoms with Crippen molar-refractivity contribution in [1.29, 1.82) is 0 Å². The summed E-state index contributed by atoms with van der Waals surface area (Å²) in [6.07, 6.45) is 1.92. The first-order valence-corrected chi connectivity index (χ1v) is 7.27. The highest BCUT2D eigenvalue weighted by atomic mass is 35.5. The van der Waals surface area contributed by atoms with Crippen molar-refractivity contribution < 1.29 is 18.7 Å². The number of ether oxygens (including phenoxy) is 1. The van der Waals surface area contributed by atoms with Crippen LogP contribution in [0.2, 0.25) is 5.02 Å². The van der Waals surface area contributed by atoms with Gasteiger partial charge in [0.25, 0.3) is 5.91 Å². The Kier molecular flexibility index (Phi) is 3.90. The third-order valence-electron chi connectivity index (χ3n) is 3.55. The highest BCUT2D eigenvalue weighted by molar-refractivity contribution is 6.31. The molecule has 0 radical (unpaired) electrons. The monoisotopic (exact) mass is 319 g/mol. The van der Waals surface area contributed by atoms with E-state index in [4.69, 9.17) is 20.8 Å². The van der Waals surface area contributed by atoms with Crippen molar-refractivity contribution in [2.45, 2.75) is 19.3 Å². The quantitative estimate of drug-likeness (QED) is 0.936. The molecule has 5 nitrogen and oxygen atoms in total. The number of aryl methyl sites for hydroxylation is 1. The average Bonchev–Trinajstić information content (AvgIpc) is 2.93. The van der Waals surface area contributed by atoms with Gasteiger partial charge in [0.15, 0.2) is 11.5 Å². The first-order valence-electron chi connectivity index (χ1n) is 6.89. The van der Waals surface area contributed by atoms with Gasteiger partial charge in [0.05, 0.1) is 18.4 Å². The number of rotatable bonds is 3. The summed E-state index contributed by atoms with van der Waals surface area (Å²) in [4.78, 5) is 24.1. The SMILES string of the molecule is COc1ccc(Cl)cc1NC(=O)c1cc2c(o1)CCCC2=O. The van der Waals surface area contributed by atoms with Crippen molar-refractivity contribution >= 4 is 29.0 Å². The van der Waals surface area contributed by atoms with Crippen molar-refractivity contribution in [3.8, 4) is 5.75 Å². The average molecular weight is 320 g/mol. The second-order valence-electron chi connectivity index (χ2n) is 5.02. The summed E-state index contributed by atoms with van der Waals surface area (Å²) in [6, 6.07) is 6.42. The summed E-state index contributed by atoms with van der Waals surface area (Å²) in [5, 5.41) is 3.17. The Morgan fingerprint density at radius 3 is 2.86 bits per heavy atom. The minimum Gasteiger partial charge on any atom is -0.495 e. The third-order valence-corrected chi connectivity index (χ3v) is 3.79. The van der Waals surface area contributed by atoms with Crippen LogP contribution in [0.25, 0.3) is 0 Å². The molecule has 22 heavy (non-hydrogen) atoms. The molecule has 0 saturated heterocycles. The van der Waals surface area contributed by atoms with E-state index in [1.165, 1.54) is 13.2 Å². The Hall–Kier alpha value is -2.27. The van der Waals surface area contributed by atoms with Gasteiger partial charge < -0.3 is 14.5 Å². The summed E-state index contributed by atoms with van der Waals surface area (Å²) in [5.74, 6) is 0.763. The molecular weight excluding hydrogens is 306 g/mol. The Labute approximate surface area is 132 Å². The topological polar surface area (TPSA) is 68.5 Å². The lowest BCUT2D eigenvalue weighted by Gasteiger charge is -2.09. The predicted molar refractivity (Wildman–Crippen MR) is 81.9 cm³/mol. The normalized spacial score (nSPS) is 13.6. The van der Waals surface area contributed by atoms with E-state index in [2.05, 4.69) is 5.32 Å². The highest BCUT2D eigenvalue weighted by Crippen LogP contribution is 2.29. The maximum absolute atomic E-state index is 12.3. The maximum atomic E-state index is 12.3. The summed E-state index contributed by atoms with van der Waals surface area (Å²) in [7, 11) is 1.50. The number of carbonyl (C=O) groups excluding carboxylic acids is 2. The van der Waals surface area contributed by atoms with Crippen molar-refractivity contribution in [1.82, 2.24) is 0 Å². The number of Topliss-reactive ketones (excluding diaryl/α,β-unsaturated/α-hetero) is 1. The van der Waals surface area contributed by atoms with Crippen LogP contribution in [0.4, 0.5) is 5.69 Å². The molecule has 0 unspecified atom stereocenters. The molecule has 0 bridgehead atoms. The number of furan rings is 1. The molecular formula is C16H14ClNO4. The number of anilines is 1. The molecule has 0 aliphatic heterocycles. The van der Waals surface area contributed by atoms with Crippen LogP contribution in [-0.4, -0.2) is 18.8 Å². The molecule has 1 aromatic heterocycles. The summed E-state index contributed by atoms with van der Waals surface area (Å²) < 4.78 is 10.7. The molecule has 1 amide bonds. The third kappa shape index (κ3) is 2.72. The highest BCUT2D eigenvalue weighted by Gasteiger charge is 2.24. The zero-order chi connectivity index (χ0) is 15.7. The second-order valence-corrected chi connectivity index (χ2v) is 5.46. The standard InChI is InChI=1S/C16H14ClNO4/c1-21-14-6-5-9(17)7-11(14)18-16(20)15-8-10-12(19)3-2-4-13(10)22-15/h5-8H,2-4H2,1H3,(H,18,20). The predicted octanol–water partition coefficient (Wildman–Crippen LogP) is 3.71. The minimum absolute atomic E-state index is 0.0180. The van der Waals surface area contributed by atoms with Crippen LogP contribution in [0, 0.1) is 0 Å². The molecule has 0 fully saturated rings. The number of nitrogens with one attached hydrogen (secondary N) is 1. The molecule has 1 heterocycles. The van der Waals surface area contributed by atoms with Crippen LogP contribution in [0.15, 0.2) is 28.7 Å². The fraction of sp³-hybridized carbons (Fsp3) is 0.250. The first kappa shape index (κ1) is 14.7. The molecule has 0 spiro atoms. The molecule has 0 saturated carbocycles. The summed E-state index contributed by atoms with van der Waals surface area (Å²) >= 11 is 5.93. The number of fused-ring (bicyclic) bond motifs is 1. The van der Waals surface area contributed by atoms with Gasteiger partial charge >= 0.3 is 0 Å². The molecule has 1 aliphatic rings. The summed E-state index contributed by atoms with van der Waals surface area (Å²) in [6.45, 7) is 0. The van der Waals surface area contributed by atoms with Crippen LogP contribution in [0.1, 0.15) is 39.5 Å². The Morgan fingerprint density at radius 2 is 2.14 bits per heavy atom. The zero-order valence-corrected chi connectivity index (χ0v) is 12.7. The van der Waals surface area contributed by atoms with E-state index >= 15 is 0 Å². The Bertz CT molecular complexity index is 751. The van der Waals surface area contributed by atoms with Crippen molar-refractivity contribution in [2.75, 3.05) is 12.4 Å². The molecule has 6 heteroatoms. The lowest BCUT2D eigenvalue weighted by molar-refractivity contribution is 0.0963. The van der Waals surface area contributed by atoms with Crippen LogP contribution >= 0.6 is 11.6 Å². The van der Waals surface area contributed by atoms with E-state index in [0.29, 0.717) is 40.6 Å². The van der Waals surface area contributed by atoms with Gasteiger partial charge in [-0.15, -0.1) is 0 Å². The number of hydrogen-bond acceptors (Lipinski definition) is 4. The van der Waals surface area contributed by atoms with Crippen molar-refractivity contribution in [3.05, 3.63) is 46.4 Å². The Balaban J connectivity index is 1.86.